The number of halogens is 4. The Morgan fingerprint density at radius 2 is 0.667 bits per heavy atom. The van der Waals surface area contributed by atoms with Crippen molar-refractivity contribution in [3.05, 3.63) is 0 Å². The van der Waals surface area contributed by atoms with E-state index in [9.17, 15) is 0 Å². The Bertz CT molecular complexity index is 57.8. The van der Waals surface area contributed by atoms with Crippen molar-refractivity contribution in [2.45, 2.75) is 25.7 Å². The van der Waals surface area contributed by atoms with Gasteiger partial charge in [-0.2, -0.15) is 0 Å². The van der Waals surface area contributed by atoms with Gasteiger partial charge in [0.1, 0.15) is 0 Å². The third kappa shape index (κ3) is 21.6. The molecule has 0 saturated carbocycles. The fraction of sp³-hybridized carbons (Fsp3) is 1.00. The summed E-state index contributed by atoms with van der Waals surface area (Å²) in [5, 5.41) is 0. The van der Waals surface area contributed by atoms with E-state index in [1.54, 1.807) is 0 Å². The van der Waals surface area contributed by atoms with E-state index < -0.39 is 0 Å². The number of rotatable bonds is 0. The summed E-state index contributed by atoms with van der Waals surface area (Å²) in [5.41, 5.74) is 0. The van der Waals surface area contributed by atoms with Crippen molar-refractivity contribution in [1.29, 1.82) is 0 Å². The average Bonchev–Trinajstić information content (AvgIpc) is 2.67. The van der Waals surface area contributed by atoms with E-state index in [4.69, 9.17) is 9.47 Å². The van der Waals surface area contributed by atoms with Gasteiger partial charge in [-0.1, -0.05) is 0 Å². The van der Waals surface area contributed by atoms with Crippen molar-refractivity contribution in [3.8, 4) is 0 Å². The second kappa shape index (κ2) is 24.9. The van der Waals surface area contributed by atoms with Gasteiger partial charge in [0.05, 0.1) is 0 Å². The summed E-state index contributed by atoms with van der Waals surface area (Å²) >= 11 is 0. The van der Waals surface area contributed by atoms with Gasteiger partial charge in [-0.3, -0.25) is 0 Å². The molecule has 2 rings (SSSR count). The molecule has 0 aromatic heterocycles. The van der Waals surface area contributed by atoms with Crippen LogP contribution in [-0.4, -0.2) is 26.4 Å². The summed E-state index contributed by atoms with van der Waals surface area (Å²) in [6.45, 7) is 4.00. The van der Waals surface area contributed by atoms with Crippen LogP contribution in [-0.2, 0) is 31.2 Å². The molecule has 2 aliphatic rings. The normalized spacial score (nSPS) is 16.0. The fourth-order valence-electron chi connectivity index (χ4n) is 1.02. The Hall–Kier alpha value is 1.79. The zero-order chi connectivity index (χ0) is 7.07. The molecule has 0 aromatic rings. The molecule has 0 N–H and O–H groups in total. The minimum Gasteiger partial charge on any atom is -1.00 e. The van der Waals surface area contributed by atoms with Crippen LogP contribution in [0.5, 0.6) is 0 Å². The summed E-state index contributed by atoms with van der Waals surface area (Å²) < 4.78 is 9.89. The maximum Gasteiger partial charge on any atom is 4.00 e. The van der Waals surface area contributed by atoms with Gasteiger partial charge in [0.25, 0.3) is 0 Å². The second-order valence-electron chi connectivity index (χ2n) is 2.64. The van der Waals surface area contributed by atoms with Crippen molar-refractivity contribution in [3.63, 3.8) is 0 Å². The van der Waals surface area contributed by atoms with E-state index in [1.807, 2.05) is 0 Å². The van der Waals surface area contributed by atoms with Crippen molar-refractivity contribution in [2.75, 3.05) is 26.4 Å². The Kier molecular flexibility index (Phi) is 49.9. The molecule has 7 heteroatoms. The molecule has 92 valence electrons. The zero-order valence-corrected chi connectivity index (χ0v) is 13.1. The first-order valence-electron chi connectivity index (χ1n) is 4.15. The molecule has 2 nitrogen and oxygen atoms in total. The topological polar surface area (TPSA) is 18.5 Å². The average molecular weight is 334 g/mol. The Balaban J connectivity index is -0.0000000333. The molecule has 2 saturated heterocycles. The largest absolute Gasteiger partial charge is 4.00 e. The van der Waals surface area contributed by atoms with Crippen LogP contribution in [0.25, 0.3) is 0 Å². The third-order valence-electron chi connectivity index (χ3n) is 1.65. The predicted octanol–water partition coefficient (Wildman–Crippen LogP) is -10.4. The van der Waals surface area contributed by atoms with Crippen molar-refractivity contribution in [1.82, 2.24) is 0 Å². The maximum absolute atomic E-state index is 4.94. The van der Waals surface area contributed by atoms with Crippen molar-refractivity contribution >= 4 is 0 Å². The van der Waals surface area contributed by atoms with Crippen LogP contribution < -0.4 is 49.6 Å². The standard InChI is InChI=1S/2C4H8O.4ClH.Ti/c2*1-2-4-5-3-1;;;;;/h2*1-4H2;4*1H;/q;;;;;;+4/p-4. The molecule has 0 atom stereocenters. The molecule has 0 spiro atoms. The Morgan fingerprint density at radius 1 is 0.467 bits per heavy atom. The molecular weight excluding hydrogens is 318 g/mol. The van der Waals surface area contributed by atoms with Crippen LogP contribution in [0.4, 0.5) is 0 Å². The maximum atomic E-state index is 4.94. The Morgan fingerprint density at radius 3 is 0.733 bits per heavy atom. The van der Waals surface area contributed by atoms with E-state index in [-0.39, 0.29) is 71.3 Å². The molecule has 0 bridgehead atoms. The van der Waals surface area contributed by atoms with Crippen LogP contribution in [0.2, 0.25) is 0 Å². The number of ether oxygens (including phenoxy) is 2. The quantitative estimate of drug-likeness (QED) is 0.410. The Labute approximate surface area is 132 Å². The van der Waals surface area contributed by atoms with E-state index in [2.05, 4.69) is 0 Å². The smallest absolute Gasteiger partial charge is 1.00 e. The van der Waals surface area contributed by atoms with Crippen molar-refractivity contribution < 1.29 is 80.8 Å². The van der Waals surface area contributed by atoms with Gasteiger partial charge < -0.3 is 59.1 Å². The van der Waals surface area contributed by atoms with E-state index in [1.165, 1.54) is 25.7 Å². The molecule has 2 aliphatic heterocycles. The van der Waals surface area contributed by atoms with Crippen LogP contribution in [0.3, 0.4) is 0 Å². The molecule has 0 aromatic carbocycles. The number of hydrogen-bond donors (Lipinski definition) is 0. The fourth-order valence-corrected chi connectivity index (χ4v) is 1.02. The van der Waals surface area contributed by atoms with Gasteiger partial charge in [0.15, 0.2) is 0 Å². The van der Waals surface area contributed by atoms with Gasteiger partial charge in [-0.05, 0) is 25.7 Å². The van der Waals surface area contributed by atoms with Crippen molar-refractivity contribution in [2.24, 2.45) is 0 Å². The summed E-state index contributed by atoms with van der Waals surface area (Å²) in [4.78, 5) is 0. The molecule has 15 heavy (non-hydrogen) atoms. The van der Waals surface area contributed by atoms with E-state index >= 15 is 0 Å². The molecule has 2 heterocycles. The minimum atomic E-state index is 0. The monoisotopic (exact) mass is 332 g/mol. The summed E-state index contributed by atoms with van der Waals surface area (Å²) in [5.74, 6) is 0. The SMILES string of the molecule is C1CCOC1.C1CCOC1.[Cl-].[Cl-].[Cl-].[Cl-].[Ti+4]. The third-order valence-corrected chi connectivity index (χ3v) is 1.65. The molecule has 0 amide bonds. The first-order chi connectivity index (χ1) is 5.00. The summed E-state index contributed by atoms with van der Waals surface area (Å²) in [6, 6.07) is 0. The molecule has 2 fully saturated rings. The van der Waals surface area contributed by atoms with Crippen LogP contribution >= 0.6 is 0 Å². The predicted molar refractivity (Wildman–Crippen MR) is 40.1 cm³/mol. The van der Waals surface area contributed by atoms with Gasteiger partial charge in [-0.25, -0.2) is 0 Å². The first-order valence-corrected chi connectivity index (χ1v) is 4.15. The second-order valence-corrected chi connectivity index (χ2v) is 2.64. The van der Waals surface area contributed by atoms with Gasteiger partial charge in [-0.15, -0.1) is 0 Å². The summed E-state index contributed by atoms with van der Waals surface area (Å²) in [7, 11) is 0. The molecular formula is C8H16Cl4O2Ti. The van der Waals surface area contributed by atoms with Crippen LogP contribution in [0.15, 0.2) is 0 Å². The molecule has 0 aliphatic carbocycles. The van der Waals surface area contributed by atoms with Gasteiger partial charge in [0, 0.05) is 26.4 Å². The van der Waals surface area contributed by atoms with E-state index in [0.29, 0.717) is 0 Å². The van der Waals surface area contributed by atoms with Gasteiger partial charge in [0.2, 0.25) is 0 Å². The first kappa shape index (κ1) is 30.1. The minimum absolute atomic E-state index is 0. The van der Waals surface area contributed by atoms with Crippen LogP contribution in [0.1, 0.15) is 25.7 Å². The van der Waals surface area contributed by atoms with Gasteiger partial charge >= 0.3 is 21.7 Å². The van der Waals surface area contributed by atoms with E-state index in [0.717, 1.165) is 26.4 Å². The number of hydrogen-bond acceptors (Lipinski definition) is 2. The summed E-state index contributed by atoms with van der Waals surface area (Å²) in [6.07, 6.45) is 5.11. The molecule has 0 radical (unpaired) electrons. The molecule has 0 unspecified atom stereocenters. The van der Waals surface area contributed by atoms with Crippen LogP contribution in [0, 0.1) is 0 Å². The zero-order valence-electron chi connectivity index (χ0n) is 8.49.